The summed E-state index contributed by atoms with van der Waals surface area (Å²) in [6, 6.07) is 6.40. The molecule has 64 heavy (non-hydrogen) atoms. The molecule has 2 aliphatic rings. The lowest BCUT2D eigenvalue weighted by Crippen LogP contribution is -2.25. The van der Waals surface area contributed by atoms with Crippen LogP contribution >= 0.6 is 0 Å². The molecule has 0 bridgehead atoms. The van der Waals surface area contributed by atoms with Crippen molar-refractivity contribution < 1.29 is 40.7 Å². The van der Waals surface area contributed by atoms with Crippen molar-refractivity contribution in [1.82, 2.24) is 30.2 Å². The maximum Gasteiger partial charge on any atom is 0.307 e. The molecular formula is C48H72N6O9S. The van der Waals surface area contributed by atoms with Crippen molar-refractivity contribution in [3.05, 3.63) is 71.5 Å². The number of aryl methyl sites for hydroxylation is 1. The predicted octanol–water partition coefficient (Wildman–Crippen LogP) is 10.8. The van der Waals surface area contributed by atoms with Gasteiger partial charge in [-0.15, -0.1) is 0 Å². The van der Waals surface area contributed by atoms with Crippen LogP contribution in [0.1, 0.15) is 204 Å². The molecule has 1 aromatic carbocycles. The van der Waals surface area contributed by atoms with Gasteiger partial charge in [-0.05, 0) is 85.3 Å². The third kappa shape index (κ3) is 18.2. The summed E-state index contributed by atoms with van der Waals surface area (Å²) in [4.78, 5) is 41.2. The van der Waals surface area contributed by atoms with Gasteiger partial charge in [0.15, 0.2) is 11.6 Å². The number of carbonyl (C=O) groups excluding carboxylic acids is 2. The molecule has 354 valence electrons. The van der Waals surface area contributed by atoms with Crippen molar-refractivity contribution in [2.45, 2.75) is 205 Å². The molecule has 0 amide bonds. The van der Waals surface area contributed by atoms with Gasteiger partial charge < -0.3 is 23.5 Å². The third-order valence-electron chi connectivity index (χ3n) is 11.6. The fourth-order valence-corrected chi connectivity index (χ4v) is 9.36. The van der Waals surface area contributed by atoms with Crippen molar-refractivity contribution in [3.63, 3.8) is 0 Å². The first kappa shape index (κ1) is 50.6. The molecule has 0 aliphatic heterocycles. The number of rotatable bonds is 20. The Bertz CT molecular complexity index is 2090. The quantitative estimate of drug-likeness (QED) is 0.0648. The number of esters is 2. The van der Waals surface area contributed by atoms with Gasteiger partial charge in [-0.2, -0.15) is 18.4 Å². The van der Waals surface area contributed by atoms with Crippen LogP contribution in [0.4, 0.5) is 0 Å². The van der Waals surface area contributed by atoms with Crippen LogP contribution in [0.25, 0.3) is 0 Å². The topological polar surface area (TPSA) is 202 Å². The highest BCUT2D eigenvalue weighted by Crippen LogP contribution is 2.33. The number of ether oxygens (including phenoxy) is 2. The van der Waals surface area contributed by atoms with Crippen molar-refractivity contribution in [3.8, 4) is 0 Å². The number of hydrogen-bond donors (Lipinski definition) is 1. The summed E-state index contributed by atoms with van der Waals surface area (Å²) in [6.45, 7) is 12.7. The molecule has 0 radical (unpaired) electrons. The maximum absolute atomic E-state index is 12.5. The zero-order valence-electron chi connectivity index (χ0n) is 39.2. The Hall–Kier alpha value is -4.44. The predicted molar refractivity (Wildman–Crippen MR) is 240 cm³/mol. The van der Waals surface area contributed by atoms with E-state index in [1.807, 2.05) is 48.5 Å². The second-order valence-corrected chi connectivity index (χ2v) is 21.3. The minimum Gasteiger partial charge on any atom is -0.460 e. The lowest BCUT2D eigenvalue weighted by Gasteiger charge is -2.23. The first-order valence-corrected chi connectivity index (χ1v) is 24.8. The average Bonchev–Trinajstić information content (AvgIpc) is 4.03. The highest BCUT2D eigenvalue weighted by atomic mass is 32.2. The van der Waals surface area contributed by atoms with Gasteiger partial charge in [0.2, 0.25) is 11.8 Å². The Kier molecular flexibility index (Phi) is 19.1. The van der Waals surface area contributed by atoms with E-state index in [2.05, 4.69) is 30.2 Å². The number of hydrogen-bond acceptors (Lipinski definition) is 14. The highest BCUT2D eigenvalue weighted by molar-refractivity contribution is 7.86. The van der Waals surface area contributed by atoms with Gasteiger partial charge in [-0.1, -0.05) is 118 Å². The Morgan fingerprint density at radius 1 is 0.734 bits per heavy atom. The molecule has 3 heterocycles. The molecule has 4 aromatic rings. The number of nitrogens with one attached hydrogen (secondary N) is 1. The Morgan fingerprint density at radius 2 is 1.22 bits per heavy atom. The molecule has 3 aromatic heterocycles. The zero-order valence-corrected chi connectivity index (χ0v) is 40.1. The van der Waals surface area contributed by atoms with E-state index in [0.717, 1.165) is 55.3 Å². The van der Waals surface area contributed by atoms with Gasteiger partial charge in [0.25, 0.3) is 10.1 Å². The number of aromatic amines is 1. The molecule has 0 unspecified atom stereocenters. The summed E-state index contributed by atoms with van der Waals surface area (Å²) in [5.41, 5.74) is -0.128. The first-order chi connectivity index (χ1) is 30.4. The lowest BCUT2D eigenvalue weighted by atomic mass is 9.84. The maximum atomic E-state index is 12.5. The molecule has 2 saturated carbocycles. The molecule has 0 saturated heterocycles. The molecule has 2 atom stereocenters. The van der Waals surface area contributed by atoms with Crippen LogP contribution in [0, 0.1) is 18.8 Å². The van der Waals surface area contributed by atoms with Crippen LogP contribution in [0.5, 0.6) is 0 Å². The number of H-pyrrole nitrogens is 1. The smallest absolute Gasteiger partial charge is 0.307 e. The normalized spacial score (nSPS) is 16.4. The van der Waals surface area contributed by atoms with Crippen LogP contribution in [0.3, 0.4) is 0 Å². The minimum atomic E-state index is -3.95. The summed E-state index contributed by atoms with van der Waals surface area (Å²) in [7, 11) is -3.95. The van der Waals surface area contributed by atoms with Crippen LogP contribution in [-0.2, 0) is 46.4 Å². The summed E-state index contributed by atoms with van der Waals surface area (Å²) in [6.07, 6.45) is 23.5. The summed E-state index contributed by atoms with van der Waals surface area (Å²) >= 11 is 0. The number of benzene rings is 1. The van der Waals surface area contributed by atoms with Gasteiger partial charge in [0.1, 0.15) is 23.6 Å². The van der Waals surface area contributed by atoms with Crippen LogP contribution in [-0.4, -0.2) is 61.8 Å². The van der Waals surface area contributed by atoms with Gasteiger partial charge in [-0.3, -0.25) is 13.8 Å². The van der Waals surface area contributed by atoms with E-state index in [1.165, 1.54) is 82.8 Å². The van der Waals surface area contributed by atoms with E-state index in [4.69, 9.17) is 22.7 Å². The summed E-state index contributed by atoms with van der Waals surface area (Å²) < 4.78 is 52.1. The van der Waals surface area contributed by atoms with Crippen LogP contribution in [0.2, 0.25) is 0 Å². The van der Waals surface area contributed by atoms with Gasteiger partial charge >= 0.3 is 11.9 Å². The highest BCUT2D eigenvalue weighted by Gasteiger charge is 2.29. The SMILES string of the molecule is CC(C)(C)OC(=O)C[C@@H](CCCC1CCCCC1)c1nc(Cc2ncc[nH]2)no1.Cc1ccc(S(=O)(=O)OCc2noc([C@H](CCCC3CCCCC3)CC(=O)OC(C)(C)C)n2)cc1. The molecule has 15 nitrogen and oxygen atoms in total. The Labute approximate surface area is 380 Å². The van der Waals surface area contributed by atoms with Crippen molar-refractivity contribution in [1.29, 1.82) is 0 Å². The number of carbonyl (C=O) groups is 2. The Balaban J connectivity index is 0.000000245. The van der Waals surface area contributed by atoms with E-state index in [1.54, 1.807) is 24.5 Å². The van der Waals surface area contributed by atoms with Gasteiger partial charge in [0.05, 0.1) is 24.2 Å². The molecule has 16 heteroatoms. The van der Waals surface area contributed by atoms with Crippen LogP contribution in [0.15, 0.2) is 50.6 Å². The van der Waals surface area contributed by atoms with Gasteiger partial charge in [-0.25, -0.2) is 4.98 Å². The second-order valence-electron chi connectivity index (χ2n) is 19.7. The largest absolute Gasteiger partial charge is 0.460 e. The molecule has 2 aliphatic carbocycles. The minimum absolute atomic E-state index is 0.0670. The number of aromatic nitrogens is 6. The molecule has 1 N–H and O–H groups in total. The van der Waals surface area contributed by atoms with Crippen molar-refractivity contribution >= 4 is 22.1 Å². The van der Waals surface area contributed by atoms with E-state index < -0.39 is 21.3 Å². The van der Waals surface area contributed by atoms with Crippen LogP contribution < -0.4 is 0 Å². The van der Waals surface area contributed by atoms with Crippen molar-refractivity contribution in [2.24, 2.45) is 11.8 Å². The standard InChI is InChI=1S/C26H38N2O6S.C22H34N4O3/c1-19-13-15-22(16-14-19)35(30,31)32-18-23-27-25(34-28-23)21(17-24(29)33-26(2,3)4)12-8-11-20-9-6-5-7-10-20;1-22(2,3)28-20(27)14-17(11-7-10-16-8-5-4-6-9-16)21-25-19(26-29-21)15-18-23-12-13-24-18/h13-16,20-21H,5-12,17-18H2,1-4H3;12-13,16-17H,4-11,14-15H2,1-3H3,(H,23,24)/t21-;17-/m11/s1. The fraction of sp³-hybridized carbons (Fsp3) is 0.688. The van der Waals surface area contributed by atoms with E-state index >= 15 is 0 Å². The van der Waals surface area contributed by atoms with E-state index in [0.29, 0.717) is 24.0 Å². The molecular weight excluding hydrogens is 837 g/mol. The first-order valence-electron chi connectivity index (χ1n) is 23.4. The lowest BCUT2D eigenvalue weighted by molar-refractivity contribution is -0.156. The molecule has 0 spiro atoms. The second kappa shape index (κ2) is 24.2. The summed E-state index contributed by atoms with van der Waals surface area (Å²) in [5.74, 6) is 2.96. The monoisotopic (exact) mass is 909 g/mol. The van der Waals surface area contributed by atoms with Crippen molar-refractivity contribution in [2.75, 3.05) is 0 Å². The fourth-order valence-electron chi connectivity index (χ4n) is 8.50. The molecule has 2 fully saturated rings. The summed E-state index contributed by atoms with van der Waals surface area (Å²) in [5, 5.41) is 7.99. The average molecular weight is 909 g/mol. The zero-order chi connectivity index (χ0) is 46.2. The van der Waals surface area contributed by atoms with E-state index in [-0.39, 0.29) is 53.9 Å². The Morgan fingerprint density at radius 3 is 1.69 bits per heavy atom. The van der Waals surface area contributed by atoms with Gasteiger partial charge in [0, 0.05) is 24.2 Å². The van der Waals surface area contributed by atoms with E-state index in [9.17, 15) is 18.0 Å². The third-order valence-corrected chi connectivity index (χ3v) is 12.9. The number of nitrogens with zero attached hydrogens (tertiary/aromatic N) is 5. The molecule has 6 rings (SSSR count). The number of imidazole rings is 1.